The van der Waals surface area contributed by atoms with Crippen molar-refractivity contribution in [2.45, 2.75) is 0 Å². The lowest BCUT2D eigenvalue weighted by molar-refractivity contribution is 0.416. The van der Waals surface area contributed by atoms with Gasteiger partial charge < -0.3 is 14.8 Å². The third-order valence-electron chi connectivity index (χ3n) is 5.37. The predicted octanol–water partition coefficient (Wildman–Crippen LogP) is 6.30. The van der Waals surface area contributed by atoms with E-state index in [1.54, 1.807) is 7.11 Å². The maximum absolute atomic E-state index is 12.7. The predicted molar refractivity (Wildman–Crippen MR) is 127 cm³/mol. The first kappa shape index (κ1) is 19.2. The van der Waals surface area contributed by atoms with Gasteiger partial charge in [-0.3, -0.25) is 4.79 Å². The first-order valence-corrected chi connectivity index (χ1v) is 10.7. The number of ether oxygens (including phenoxy) is 1. The topological polar surface area (TPSA) is 62.3 Å². The number of H-pyrrole nitrogens is 1. The summed E-state index contributed by atoms with van der Waals surface area (Å²) >= 11 is 1.41. The summed E-state index contributed by atoms with van der Waals surface area (Å²) in [7, 11) is 1.66. The molecular formula is C26H19NO3S. The van der Waals surface area contributed by atoms with E-state index in [4.69, 9.17) is 4.74 Å². The van der Waals surface area contributed by atoms with Crippen LogP contribution in [-0.4, -0.2) is 17.2 Å². The molecule has 5 heteroatoms. The Labute approximate surface area is 183 Å². The van der Waals surface area contributed by atoms with E-state index in [1.165, 1.54) is 11.3 Å². The molecule has 0 aliphatic carbocycles. The van der Waals surface area contributed by atoms with Gasteiger partial charge in [-0.25, -0.2) is 0 Å². The molecule has 2 aromatic heterocycles. The summed E-state index contributed by atoms with van der Waals surface area (Å²) in [4.78, 5) is 16.3. The van der Waals surface area contributed by atoms with Gasteiger partial charge in [0.1, 0.15) is 16.3 Å². The van der Waals surface area contributed by atoms with Crippen molar-refractivity contribution in [2.24, 2.45) is 0 Å². The Morgan fingerprint density at radius 3 is 2.29 bits per heavy atom. The second-order valence-electron chi connectivity index (χ2n) is 7.18. The summed E-state index contributed by atoms with van der Waals surface area (Å²) in [6.07, 6.45) is 0. The Balaban J connectivity index is 1.71. The molecule has 0 amide bonds. The number of hydrogen-bond acceptors (Lipinski definition) is 4. The highest BCUT2D eigenvalue weighted by atomic mass is 32.1. The fraction of sp³-hybridized carbons (Fsp3) is 0.0385. The summed E-state index contributed by atoms with van der Waals surface area (Å²) in [6, 6.07) is 25.2. The molecule has 2 heterocycles. The van der Waals surface area contributed by atoms with Crippen LogP contribution in [0, 0.1) is 0 Å². The van der Waals surface area contributed by atoms with Crippen LogP contribution >= 0.6 is 11.3 Å². The van der Waals surface area contributed by atoms with Crippen molar-refractivity contribution in [1.82, 2.24) is 4.98 Å². The highest BCUT2D eigenvalue weighted by molar-refractivity contribution is 7.17. The summed E-state index contributed by atoms with van der Waals surface area (Å²) in [5.41, 5.74) is 4.51. The highest BCUT2D eigenvalue weighted by Gasteiger charge is 2.19. The number of aromatic hydroxyl groups is 1. The van der Waals surface area contributed by atoms with Crippen molar-refractivity contribution >= 4 is 21.6 Å². The second-order valence-corrected chi connectivity index (χ2v) is 8.06. The number of rotatable bonds is 4. The van der Waals surface area contributed by atoms with Crippen LogP contribution < -0.4 is 10.3 Å². The fourth-order valence-corrected chi connectivity index (χ4v) is 4.87. The van der Waals surface area contributed by atoms with E-state index >= 15 is 0 Å². The van der Waals surface area contributed by atoms with Gasteiger partial charge in [-0.1, -0.05) is 66.7 Å². The number of aromatic nitrogens is 1. The molecule has 0 aliphatic rings. The van der Waals surface area contributed by atoms with Gasteiger partial charge in [0, 0.05) is 16.5 Å². The van der Waals surface area contributed by atoms with Crippen LogP contribution in [0.4, 0.5) is 0 Å². The van der Waals surface area contributed by atoms with Crippen molar-refractivity contribution in [3.8, 4) is 44.9 Å². The van der Waals surface area contributed by atoms with Crippen molar-refractivity contribution in [2.75, 3.05) is 7.11 Å². The van der Waals surface area contributed by atoms with Crippen LogP contribution in [-0.2, 0) is 0 Å². The normalized spacial score (nSPS) is 11.0. The number of pyridine rings is 1. The van der Waals surface area contributed by atoms with Gasteiger partial charge in [0.15, 0.2) is 0 Å². The lowest BCUT2D eigenvalue weighted by Gasteiger charge is -2.11. The molecule has 0 spiro atoms. The zero-order chi connectivity index (χ0) is 21.4. The van der Waals surface area contributed by atoms with Crippen LogP contribution in [0.25, 0.3) is 43.6 Å². The molecule has 4 nitrogen and oxygen atoms in total. The van der Waals surface area contributed by atoms with Gasteiger partial charge in [0.2, 0.25) is 0 Å². The van der Waals surface area contributed by atoms with E-state index < -0.39 is 0 Å². The van der Waals surface area contributed by atoms with Gasteiger partial charge in [-0.2, -0.15) is 0 Å². The first-order chi connectivity index (χ1) is 15.2. The quantitative estimate of drug-likeness (QED) is 0.355. The maximum atomic E-state index is 12.7. The summed E-state index contributed by atoms with van der Waals surface area (Å²) in [5.74, 6) is 0.803. The van der Waals surface area contributed by atoms with Crippen molar-refractivity contribution in [3.05, 3.63) is 94.6 Å². The molecule has 0 aliphatic heterocycles. The molecule has 0 atom stereocenters. The van der Waals surface area contributed by atoms with E-state index in [1.807, 2.05) is 78.2 Å². The Morgan fingerprint density at radius 2 is 1.52 bits per heavy atom. The third kappa shape index (κ3) is 3.29. The van der Waals surface area contributed by atoms with Crippen LogP contribution in [0.1, 0.15) is 0 Å². The van der Waals surface area contributed by atoms with Crippen LogP contribution in [0.2, 0.25) is 0 Å². The van der Waals surface area contributed by atoms with Crippen LogP contribution in [0.3, 0.4) is 0 Å². The lowest BCUT2D eigenvalue weighted by atomic mass is 9.97. The van der Waals surface area contributed by atoms with Gasteiger partial charge in [0.05, 0.1) is 18.1 Å². The molecule has 0 fully saturated rings. The molecule has 0 bridgehead atoms. The zero-order valence-electron chi connectivity index (χ0n) is 16.8. The molecule has 31 heavy (non-hydrogen) atoms. The first-order valence-electron chi connectivity index (χ1n) is 9.83. The maximum Gasteiger partial charge on any atom is 0.260 e. The summed E-state index contributed by atoms with van der Waals surface area (Å²) in [5, 5.41) is 13.8. The molecule has 0 radical (unpaired) electrons. The van der Waals surface area contributed by atoms with E-state index in [0.29, 0.717) is 15.8 Å². The number of benzene rings is 3. The molecule has 5 rings (SSSR count). The number of aromatic amines is 1. The average Bonchev–Trinajstić information content (AvgIpc) is 3.24. The van der Waals surface area contributed by atoms with Crippen molar-refractivity contribution in [3.63, 3.8) is 0 Å². The molecular weight excluding hydrogens is 406 g/mol. The van der Waals surface area contributed by atoms with Crippen molar-refractivity contribution < 1.29 is 9.84 Å². The van der Waals surface area contributed by atoms with Crippen LogP contribution in [0.5, 0.6) is 11.5 Å². The monoisotopic (exact) mass is 425 g/mol. The number of fused-ring (bicyclic) bond motifs is 1. The SMILES string of the molecule is COc1ccccc1-c1cccc(-c2csc3[nH]c(=O)c(-c4ccccc4)c(O)c23)c1. The molecule has 3 aromatic carbocycles. The van der Waals surface area contributed by atoms with Gasteiger partial charge >= 0.3 is 0 Å². The Bertz CT molecular complexity index is 1450. The van der Waals surface area contributed by atoms with E-state index in [9.17, 15) is 9.90 Å². The van der Waals surface area contributed by atoms with Gasteiger partial charge in [-0.15, -0.1) is 11.3 Å². The molecule has 0 saturated carbocycles. The molecule has 0 saturated heterocycles. The van der Waals surface area contributed by atoms with Gasteiger partial charge in [0.25, 0.3) is 5.56 Å². The molecule has 0 unspecified atom stereocenters. The Kier molecular flexibility index (Phi) is 4.81. The zero-order valence-corrected chi connectivity index (χ0v) is 17.6. The number of para-hydroxylation sites is 1. The summed E-state index contributed by atoms with van der Waals surface area (Å²) < 4.78 is 5.52. The van der Waals surface area contributed by atoms with Crippen molar-refractivity contribution in [1.29, 1.82) is 0 Å². The summed E-state index contributed by atoms with van der Waals surface area (Å²) in [6.45, 7) is 0. The standard InChI is InChI=1S/C26H19NO3S/c1-30-21-13-6-5-12-19(21)17-10-7-11-18(14-17)20-15-31-26-23(20)24(28)22(25(29)27-26)16-8-3-2-4-9-16/h2-15H,1H3,(H2,27,28,29). The number of nitrogens with one attached hydrogen (secondary N) is 1. The smallest absolute Gasteiger partial charge is 0.260 e. The molecule has 5 aromatic rings. The third-order valence-corrected chi connectivity index (χ3v) is 6.27. The number of thiophene rings is 1. The van der Waals surface area contributed by atoms with E-state index in [0.717, 1.165) is 28.0 Å². The average molecular weight is 426 g/mol. The number of hydrogen-bond donors (Lipinski definition) is 2. The van der Waals surface area contributed by atoms with E-state index in [-0.39, 0.29) is 16.9 Å². The largest absolute Gasteiger partial charge is 0.506 e. The minimum Gasteiger partial charge on any atom is -0.506 e. The minimum absolute atomic E-state index is 0.00361. The van der Waals surface area contributed by atoms with Gasteiger partial charge in [-0.05, 0) is 28.8 Å². The fourth-order valence-electron chi connectivity index (χ4n) is 3.91. The molecule has 2 N–H and O–H groups in total. The van der Waals surface area contributed by atoms with E-state index in [2.05, 4.69) is 11.1 Å². The second kappa shape index (κ2) is 7.78. The Morgan fingerprint density at radius 1 is 0.839 bits per heavy atom. The lowest BCUT2D eigenvalue weighted by Crippen LogP contribution is -2.08. The molecule has 152 valence electrons. The number of methoxy groups -OCH3 is 1. The highest BCUT2D eigenvalue weighted by Crippen LogP contribution is 2.42. The minimum atomic E-state index is -0.299. The van der Waals surface area contributed by atoms with Crippen LogP contribution in [0.15, 0.2) is 89.0 Å². The Hall–Kier alpha value is -3.83.